The van der Waals surface area contributed by atoms with E-state index in [-0.39, 0.29) is 17.3 Å². The van der Waals surface area contributed by atoms with Gasteiger partial charge in [0.2, 0.25) is 0 Å². The number of ether oxygens (including phenoxy) is 1. The van der Waals surface area contributed by atoms with Crippen LogP contribution < -0.4 is 0 Å². The summed E-state index contributed by atoms with van der Waals surface area (Å²) in [5.41, 5.74) is 4.14. The summed E-state index contributed by atoms with van der Waals surface area (Å²) in [7, 11) is 0. The van der Waals surface area contributed by atoms with Crippen molar-refractivity contribution in [2.24, 2.45) is 11.8 Å². The Morgan fingerprint density at radius 2 is 1.86 bits per heavy atom. The molecule has 0 unspecified atom stereocenters. The summed E-state index contributed by atoms with van der Waals surface area (Å²) in [5.74, 6) is 0.626. The highest BCUT2D eigenvalue weighted by Gasteiger charge is 2.47. The zero-order valence-electron chi connectivity index (χ0n) is 17.1. The number of likely N-dealkylation sites (tertiary alicyclic amines) is 1. The van der Waals surface area contributed by atoms with Gasteiger partial charge in [0.05, 0.1) is 5.92 Å². The van der Waals surface area contributed by atoms with Crippen LogP contribution in [0, 0.1) is 11.8 Å². The summed E-state index contributed by atoms with van der Waals surface area (Å²) >= 11 is 0. The van der Waals surface area contributed by atoms with Crippen molar-refractivity contribution < 1.29 is 9.53 Å². The van der Waals surface area contributed by atoms with Crippen LogP contribution in [0.3, 0.4) is 0 Å². The number of hydrogen-bond donors (Lipinski definition) is 0. The van der Waals surface area contributed by atoms with Crippen LogP contribution in [-0.2, 0) is 21.6 Å². The van der Waals surface area contributed by atoms with E-state index >= 15 is 0 Å². The van der Waals surface area contributed by atoms with Crippen molar-refractivity contribution >= 4 is 12.0 Å². The maximum atomic E-state index is 12.4. The fraction of sp³-hybridized carbons (Fsp3) is 0.423. The Kier molecular flexibility index (Phi) is 4.79. The van der Waals surface area contributed by atoms with Crippen LogP contribution in [0.1, 0.15) is 42.9 Å². The van der Waals surface area contributed by atoms with Crippen LogP contribution in [0.15, 0.2) is 60.7 Å². The van der Waals surface area contributed by atoms with Gasteiger partial charge < -0.3 is 4.74 Å². The Morgan fingerprint density at radius 1 is 1.10 bits per heavy atom. The Balaban J connectivity index is 1.14. The third-order valence-electron chi connectivity index (χ3n) is 7.41. The van der Waals surface area contributed by atoms with E-state index in [9.17, 15) is 4.79 Å². The number of carbonyl (C=O) groups is 1. The van der Waals surface area contributed by atoms with Crippen molar-refractivity contribution in [3.8, 4) is 0 Å². The summed E-state index contributed by atoms with van der Waals surface area (Å²) in [6.07, 6.45) is 7.81. The normalized spacial score (nSPS) is 30.7. The molecule has 1 saturated carbocycles. The lowest BCUT2D eigenvalue weighted by Gasteiger charge is -2.50. The average molecular weight is 388 g/mol. The first-order chi connectivity index (χ1) is 14.2. The van der Waals surface area contributed by atoms with Crippen molar-refractivity contribution in [3.05, 3.63) is 77.4 Å². The summed E-state index contributed by atoms with van der Waals surface area (Å²) in [6, 6.07) is 19.3. The Bertz CT molecular complexity index is 915. The van der Waals surface area contributed by atoms with Gasteiger partial charge in [-0.25, -0.2) is 0 Å². The van der Waals surface area contributed by atoms with Gasteiger partial charge in [-0.2, -0.15) is 0 Å². The highest BCUT2D eigenvalue weighted by atomic mass is 16.5. The predicted octanol–water partition coefficient (Wildman–Crippen LogP) is 4.82. The fourth-order valence-electron chi connectivity index (χ4n) is 5.48. The number of allylic oxidation sites excluding steroid dienone is 1. The lowest BCUT2D eigenvalue weighted by molar-refractivity contribution is -0.155. The van der Waals surface area contributed by atoms with Crippen molar-refractivity contribution in [1.82, 2.24) is 4.90 Å². The van der Waals surface area contributed by atoms with Crippen molar-refractivity contribution in [2.45, 2.75) is 44.2 Å². The van der Waals surface area contributed by atoms with Crippen LogP contribution in [0.2, 0.25) is 0 Å². The molecule has 3 nitrogen and oxygen atoms in total. The second-order valence-electron chi connectivity index (χ2n) is 9.02. The van der Waals surface area contributed by atoms with Gasteiger partial charge in [0, 0.05) is 18.0 Å². The van der Waals surface area contributed by atoms with E-state index in [0.29, 0.717) is 18.6 Å². The average Bonchev–Trinajstić information content (AvgIpc) is 3.09. The maximum Gasteiger partial charge on any atom is 0.309 e. The standard InChI is InChI=1S/C26H29NO2/c1-19-17-27(14-13-26(19)12-11-21-9-5-6-10-24(21)26)23-15-22(16-23)25(28)29-18-20-7-3-2-4-8-20/h2-12,19,22-23H,13-18H2,1H3/t19-,22?,23?,26-/m0/s1. The number of esters is 1. The zero-order valence-corrected chi connectivity index (χ0v) is 17.1. The molecule has 2 aliphatic carbocycles. The number of carbonyl (C=O) groups excluding carboxylic acids is 1. The largest absolute Gasteiger partial charge is 0.461 e. The van der Waals surface area contributed by atoms with E-state index in [1.807, 2.05) is 30.3 Å². The molecule has 29 heavy (non-hydrogen) atoms. The van der Waals surface area contributed by atoms with Gasteiger partial charge in [0.25, 0.3) is 0 Å². The topological polar surface area (TPSA) is 29.5 Å². The number of rotatable bonds is 4. The molecule has 3 heteroatoms. The van der Waals surface area contributed by atoms with E-state index < -0.39 is 0 Å². The molecule has 0 amide bonds. The monoisotopic (exact) mass is 387 g/mol. The minimum atomic E-state index is -0.0284. The van der Waals surface area contributed by atoms with Crippen molar-refractivity contribution in [2.75, 3.05) is 13.1 Å². The first-order valence-electron chi connectivity index (χ1n) is 10.9. The fourth-order valence-corrected chi connectivity index (χ4v) is 5.48. The molecule has 2 aromatic rings. The van der Waals surface area contributed by atoms with Crippen LogP contribution in [0.4, 0.5) is 0 Å². The highest BCUT2D eigenvalue weighted by molar-refractivity contribution is 5.73. The molecule has 2 aromatic carbocycles. The van der Waals surface area contributed by atoms with E-state index in [4.69, 9.17) is 4.74 Å². The number of fused-ring (bicyclic) bond motifs is 2. The van der Waals surface area contributed by atoms with Gasteiger partial charge in [-0.15, -0.1) is 0 Å². The molecule has 0 aromatic heterocycles. The molecular weight excluding hydrogens is 358 g/mol. The summed E-state index contributed by atoms with van der Waals surface area (Å²) in [4.78, 5) is 15.0. The van der Waals surface area contributed by atoms with Gasteiger partial charge in [-0.05, 0) is 48.4 Å². The molecule has 0 bridgehead atoms. The van der Waals surface area contributed by atoms with E-state index in [2.05, 4.69) is 48.2 Å². The summed E-state index contributed by atoms with van der Waals surface area (Å²) in [5, 5.41) is 0. The molecule has 1 spiro atoms. The second kappa shape index (κ2) is 7.46. The predicted molar refractivity (Wildman–Crippen MR) is 115 cm³/mol. The number of benzene rings is 2. The third-order valence-corrected chi connectivity index (χ3v) is 7.41. The molecular formula is C26H29NO2. The molecule has 5 rings (SSSR count). The Hall–Kier alpha value is -2.39. The van der Waals surface area contributed by atoms with Crippen LogP contribution >= 0.6 is 0 Å². The molecule has 0 radical (unpaired) electrons. The molecule has 1 saturated heterocycles. The van der Waals surface area contributed by atoms with Crippen molar-refractivity contribution in [1.29, 1.82) is 0 Å². The number of hydrogen-bond acceptors (Lipinski definition) is 3. The van der Waals surface area contributed by atoms with Gasteiger partial charge in [-0.1, -0.05) is 73.7 Å². The van der Waals surface area contributed by atoms with Crippen LogP contribution in [0.25, 0.3) is 6.08 Å². The van der Waals surface area contributed by atoms with Crippen LogP contribution in [0.5, 0.6) is 0 Å². The third kappa shape index (κ3) is 3.32. The van der Waals surface area contributed by atoms with E-state index in [1.165, 1.54) is 17.5 Å². The lowest BCUT2D eigenvalue weighted by atomic mass is 9.67. The molecule has 1 aliphatic heterocycles. The number of piperidine rings is 1. The number of nitrogens with zero attached hydrogens (tertiary/aromatic N) is 1. The van der Waals surface area contributed by atoms with E-state index in [0.717, 1.165) is 31.5 Å². The minimum absolute atomic E-state index is 0.0284. The smallest absolute Gasteiger partial charge is 0.309 e. The maximum absolute atomic E-state index is 12.4. The highest BCUT2D eigenvalue weighted by Crippen LogP contribution is 2.48. The first-order valence-corrected chi connectivity index (χ1v) is 10.9. The SMILES string of the molecule is C[C@H]1CN(C2CC(C(=O)OCc3ccccc3)C2)CC[C@@]12C=Cc1ccccc12. The van der Waals surface area contributed by atoms with Gasteiger partial charge in [0.1, 0.15) is 6.61 Å². The molecule has 3 aliphatic rings. The first kappa shape index (κ1) is 18.6. The molecule has 2 atom stereocenters. The summed E-state index contributed by atoms with van der Waals surface area (Å²) < 4.78 is 5.54. The summed E-state index contributed by atoms with van der Waals surface area (Å²) in [6.45, 7) is 4.99. The van der Waals surface area contributed by atoms with E-state index in [1.54, 1.807) is 0 Å². The van der Waals surface area contributed by atoms with Crippen molar-refractivity contribution in [3.63, 3.8) is 0 Å². The molecule has 2 fully saturated rings. The Morgan fingerprint density at radius 3 is 2.66 bits per heavy atom. The Labute approximate surface area is 173 Å². The second-order valence-corrected chi connectivity index (χ2v) is 9.02. The molecule has 0 N–H and O–H groups in total. The quantitative estimate of drug-likeness (QED) is 0.705. The van der Waals surface area contributed by atoms with Gasteiger partial charge in [-0.3, -0.25) is 9.69 Å². The lowest BCUT2D eigenvalue weighted by Crippen LogP contribution is -2.55. The van der Waals surface area contributed by atoms with Gasteiger partial charge in [0.15, 0.2) is 0 Å². The molecule has 1 heterocycles. The zero-order chi connectivity index (χ0) is 19.8. The van der Waals surface area contributed by atoms with Gasteiger partial charge >= 0.3 is 5.97 Å². The minimum Gasteiger partial charge on any atom is -0.461 e. The van der Waals surface area contributed by atoms with Crippen LogP contribution in [-0.4, -0.2) is 30.0 Å². The molecule has 150 valence electrons.